The van der Waals surface area contributed by atoms with Crippen molar-refractivity contribution in [3.8, 4) is 11.5 Å². The van der Waals surface area contributed by atoms with E-state index in [-0.39, 0.29) is 24.4 Å². The standard InChI is InChI=1S/C20H26N2O5S/c1-3-26-18-11-10-17(14-19(18)27-4-2)28(24,25)22(13-12-20(21)23)15-16-8-6-5-7-9-16/h5-11,14H,3-4,12-13,15H2,1-2H3,(H2,21,23). The number of benzene rings is 2. The lowest BCUT2D eigenvalue weighted by Gasteiger charge is -2.22. The highest BCUT2D eigenvalue weighted by atomic mass is 32.2. The highest BCUT2D eigenvalue weighted by molar-refractivity contribution is 7.89. The van der Waals surface area contributed by atoms with Crippen LogP contribution in [-0.4, -0.2) is 38.4 Å². The van der Waals surface area contributed by atoms with Gasteiger partial charge in [0.1, 0.15) is 0 Å². The van der Waals surface area contributed by atoms with Crippen molar-refractivity contribution in [3.05, 3.63) is 54.1 Å². The van der Waals surface area contributed by atoms with Crippen LogP contribution in [0.4, 0.5) is 0 Å². The number of hydrogen-bond donors (Lipinski definition) is 1. The Labute approximate surface area is 166 Å². The maximum Gasteiger partial charge on any atom is 0.243 e. The molecule has 7 nitrogen and oxygen atoms in total. The van der Waals surface area contributed by atoms with Crippen LogP contribution in [0.1, 0.15) is 25.8 Å². The maximum absolute atomic E-state index is 13.3. The first-order valence-electron chi connectivity index (χ1n) is 9.10. The summed E-state index contributed by atoms with van der Waals surface area (Å²) < 4.78 is 38.8. The van der Waals surface area contributed by atoms with Crippen molar-refractivity contribution < 1.29 is 22.7 Å². The lowest BCUT2D eigenvalue weighted by atomic mass is 10.2. The van der Waals surface area contributed by atoms with E-state index >= 15 is 0 Å². The summed E-state index contributed by atoms with van der Waals surface area (Å²) in [6.07, 6.45) is -0.0680. The molecule has 0 atom stereocenters. The summed E-state index contributed by atoms with van der Waals surface area (Å²) in [6, 6.07) is 13.7. The number of carbonyl (C=O) groups excluding carboxylic acids is 1. The SMILES string of the molecule is CCOc1ccc(S(=O)(=O)N(CCC(N)=O)Cc2ccccc2)cc1OCC. The third-order valence-electron chi connectivity index (χ3n) is 3.96. The van der Waals surface area contributed by atoms with Crippen LogP contribution in [0, 0.1) is 0 Å². The van der Waals surface area contributed by atoms with Crippen LogP contribution in [0.3, 0.4) is 0 Å². The van der Waals surface area contributed by atoms with Crippen LogP contribution >= 0.6 is 0 Å². The molecular weight excluding hydrogens is 380 g/mol. The maximum atomic E-state index is 13.3. The first kappa shape index (κ1) is 21.7. The second kappa shape index (κ2) is 10.1. The molecule has 0 fully saturated rings. The Bertz CT molecular complexity index is 885. The third kappa shape index (κ3) is 5.71. The fourth-order valence-corrected chi connectivity index (χ4v) is 4.09. The Kier molecular flexibility index (Phi) is 7.83. The largest absolute Gasteiger partial charge is 0.490 e. The Hall–Kier alpha value is -2.58. The van der Waals surface area contributed by atoms with E-state index in [9.17, 15) is 13.2 Å². The van der Waals surface area contributed by atoms with Gasteiger partial charge in [-0.25, -0.2) is 8.42 Å². The van der Waals surface area contributed by atoms with Crippen LogP contribution < -0.4 is 15.2 Å². The molecule has 0 aliphatic carbocycles. The number of nitrogens with zero attached hydrogens (tertiary/aromatic N) is 1. The topological polar surface area (TPSA) is 98.9 Å². The third-order valence-corrected chi connectivity index (χ3v) is 5.80. The van der Waals surface area contributed by atoms with Gasteiger partial charge in [-0.15, -0.1) is 0 Å². The van der Waals surface area contributed by atoms with Crippen LogP contribution in [0.2, 0.25) is 0 Å². The summed E-state index contributed by atoms with van der Waals surface area (Å²) >= 11 is 0. The highest BCUT2D eigenvalue weighted by Crippen LogP contribution is 2.31. The molecular formula is C20H26N2O5S. The van der Waals surface area contributed by atoms with E-state index in [0.717, 1.165) is 5.56 Å². The molecule has 2 aromatic rings. The van der Waals surface area contributed by atoms with Crippen molar-refractivity contribution in [2.45, 2.75) is 31.7 Å². The molecule has 8 heteroatoms. The van der Waals surface area contributed by atoms with Gasteiger partial charge in [0.2, 0.25) is 15.9 Å². The zero-order valence-electron chi connectivity index (χ0n) is 16.1. The smallest absolute Gasteiger partial charge is 0.243 e. The molecule has 0 saturated carbocycles. The van der Waals surface area contributed by atoms with Crippen LogP contribution in [-0.2, 0) is 21.4 Å². The van der Waals surface area contributed by atoms with E-state index in [0.29, 0.717) is 24.7 Å². The van der Waals surface area contributed by atoms with E-state index in [1.165, 1.54) is 16.4 Å². The molecule has 0 aliphatic rings. The minimum Gasteiger partial charge on any atom is -0.490 e. The fraction of sp³-hybridized carbons (Fsp3) is 0.350. The van der Waals surface area contributed by atoms with E-state index in [2.05, 4.69) is 0 Å². The first-order chi connectivity index (χ1) is 13.4. The van der Waals surface area contributed by atoms with Gasteiger partial charge < -0.3 is 15.2 Å². The summed E-state index contributed by atoms with van der Waals surface area (Å²) in [7, 11) is -3.88. The molecule has 2 rings (SSSR count). The van der Waals surface area contributed by atoms with Crippen molar-refractivity contribution in [1.82, 2.24) is 4.31 Å². The first-order valence-corrected chi connectivity index (χ1v) is 10.5. The lowest BCUT2D eigenvalue weighted by molar-refractivity contribution is -0.118. The minimum absolute atomic E-state index is 0.0102. The van der Waals surface area contributed by atoms with Gasteiger partial charge in [-0.05, 0) is 31.5 Å². The second-order valence-corrected chi connectivity index (χ2v) is 7.95. The molecule has 2 N–H and O–H groups in total. The van der Waals surface area contributed by atoms with Gasteiger partial charge in [-0.3, -0.25) is 4.79 Å². The zero-order chi connectivity index (χ0) is 20.6. The van der Waals surface area contributed by atoms with Gasteiger partial charge in [0.25, 0.3) is 0 Å². The van der Waals surface area contributed by atoms with Crippen molar-refractivity contribution in [2.75, 3.05) is 19.8 Å². The molecule has 152 valence electrons. The second-order valence-electron chi connectivity index (χ2n) is 6.02. The summed E-state index contributed by atoms with van der Waals surface area (Å²) in [5.74, 6) is 0.282. The number of hydrogen-bond acceptors (Lipinski definition) is 5. The van der Waals surface area contributed by atoms with Crippen LogP contribution in [0.25, 0.3) is 0 Å². The van der Waals surface area contributed by atoms with Gasteiger partial charge in [0, 0.05) is 25.6 Å². The quantitative estimate of drug-likeness (QED) is 0.618. The van der Waals surface area contributed by atoms with Gasteiger partial charge in [-0.2, -0.15) is 4.31 Å². The van der Waals surface area contributed by atoms with Gasteiger partial charge >= 0.3 is 0 Å². The van der Waals surface area contributed by atoms with Gasteiger partial charge in [0.05, 0.1) is 18.1 Å². The molecule has 0 aliphatic heterocycles. The lowest BCUT2D eigenvalue weighted by Crippen LogP contribution is -2.33. The van der Waals surface area contributed by atoms with Crippen molar-refractivity contribution in [3.63, 3.8) is 0 Å². The van der Waals surface area contributed by atoms with Gasteiger partial charge in [-0.1, -0.05) is 30.3 Å². The minimum atomic E-state index is -3.88. The normalized spacial score (nSPS) is 11.4. The van der Waals surface area contributed by atoms with Gasteiger partial charge in [0.15, 0.2) is 11.5 Å². The Morgan fingerprint density at radius 2 is 1.64 bits per heavy atom. The van der Waals surface area contributed by atoms with Crippen molar-refractivity contribution >= 4 is 15.9 Å². The molecule has 0 spiro atoms. The molecule has 2 aromatic carbocycles. The molecule has 0 saturated heterocycles. The predicted octanol–water partition coefficient (Wildman–Crippen LogP) is 2.55. The number of ether oxygens (including phenoxy) is 2. The number of rotatable bonds is 11. The van der Waals surface area contributed by atoms with Crippen molar-refractivity contribution in [1.29, 1.82) is 0 Å². The van der Waals surface area contributed by atoms with Crippen LogP contribution in [0.5, 0.6) is 11.5 Å². The Morgan fingerprint density at radius 1 is 1.00 bits per heavy atom. The molecule has 0 radical (unpaired) electrons. The average molecular weight is 407 g/mol. The fourth-order valence-electron chi connectivity index (χ4n) is 2.65. The molecule has 0 heterocycles. The molecule has 0 bridgehead atoms. The van der Waals surface area contributed by atoms with Crippen molar-refractivity contribution in [2.24, 2.45) is 5.73 Å². The number of sulfonamides is 1. The van der Waals surface area contributed by atoms with E-state index in [1.54, 1.807) is 6.07 Å². The van der Waals surface area contributed by atoms with E-state index in [1.807, 2.05) is 44.2 Å². The highest BCUT2D eigenvalue weighted by Gasteiger charge is 2.26. The van der Waals surface area contributed by atoms with E-state index in [4.69, 9.17) is 15.2 Å². The summed E-state index contributed by atoms with van der Waals surface area (Å²) in [5.41, 5.74) is 6.05. The van der Waals surface area contributed by atoms with E-state index < -0.39 is 15.9 Å². The summed E-state index contributed by atoms with van der Waals surface area (Å²) in [4.78, 5) is 11.3. The molecule has 1 amide bonds. The number of nitrogens with two attached hydrogens (primary N) is 1. The average Bonchev–Trinajstić information content (AvgIpc) is 2.67. The molecule has 28 heavy (non-hydrogen) atoms. The summed E-state index contributed by atoms with van der Waals surface area (Å²) in [6.45, 7) is 4.58. The number of carbonyl (C=O) groups is 1. The number of amides is 1. The van der Waals surface area contributed by atoms with Crippen LogP contribution in [0.15, 0.2) is 53.4 Å². The Morgan fingerprint density at radius 3 is 2.25 bits per heavy atom. The predicted molar refractivity (Wildman–Crippen MR) is 107 cm³/mol. The monoisotopic (exact) mass is 406 g/mol. The Balaban J connectivity index is 2.39. The summed E-state index contributed by atoms with van der Waals surface area (Å²) in [5, 5.41) is 0. The molecule has 0 unspecified atom stereocenters. The zero-order valence-corrected chi connectivity index (χ0v) is 16.9. The molecule has 0 aromatic heterocycles. The number of primary amides is 1.